The second kappa shape index (κ2) is 9.46. The first-order valence-electron chi connectivity index (χ1n) is 9.19. The van der Waals surface area contributed by atoms with Crippen molar-refractivity contribution in [3.63, 3.8) is 0 Å². The van der Waals surface area contributed by atoms with Crippen LogP contribution in [0.2, 0.25) is 0 Å². The van der Waals surface area contributed by atoms with Crippen molar-refractivity contribution in [1.29, 1.82) is 0 Å². The van der Waals surface area contributed by atoms with Gasteiger partial charge in [-0.05, 0) is 17.0 Å². The van der Waals surface area contributed by atoms with E-state index in [1.54, 1.807) is 11.3 Å². The summed E-state index contributed by atoms with van der Waals surface area (Å²) in [5, 5.41) is 16.2. The van der Waals surface area contributed by atoms with E-state index in [0.29, 0.717) is 15.7 Å². The number of carbonyl (C=O) groups excluding carboxylic acids is 2. The number of anilines is 1. The zero-order valence-electron chi connectivity index (χ0n) is 16.7. The molecule has 0 radical (unpaired) electrons. The number of nitrogens with zero attached hydrogens (tertiary/aromatic N) is 3. The first-order chi connectivity index (χ1) is 15.1. The molecule has 0 saturated heterocycles. The number of thiophene rings is 2. The fourth-order valence-electron chi connectivity index (χ4n) is 2.94. The SMILES string of the molecule is COC(=O)c1c(-c2ccccc2)csc1NC(=O)CSc1nnc(-c2cccs2)n1C. The lowest BCUT2D eigenvalue weighted by Crippen LogP contribution is -2.16. The maximum absolute atomic E-state index is 12.6. The van der Waals surface area contributed by atoms with Gasteiger partial charge in [0.05, 0.1) is 17.7 Å². The number of benzene rings is 1. The van der Waals surface area contributed by atoms with E-state index in [0.717, 1.165) is 21.8 Å². The number of carbonyl (C=O) groups is 2. The molecule has 0 aliphatic carbocycles. The lowest BCUT2D eigenvalue weighted by molar-refractivity contribution is -0.113. The van der Waals surface area contributed by atoms with Crippen molar-refractivity contribution < 1.29 is 14.3 Å². The molecular formula is C21H18N4O3S3. The van der Waals surface area contributed by atoms with Gasteiger partial charge in [-0.25, -0.2) is 4.79 Å². The second-order valence-electron chi connectivity index (χ2n) is 6.39. The number of hydrogen-bond donors (Lipinski definition) is 1. The van der Waals surface area contributed by atoms with E-state index >= 15 is 0 Å². The molecule has 3 heterocycles. The number of rotatable bonds is 7. The van der Waals surface area contributed by atoms with Crippen molar-refractivity contribution >= 4 is 51.3 Å². The highest BCUT2D eigenvalue weighted by Gasteiger charge is 2.22. The van der Waals surface area contributed by atoms with Crippen molar-refractivity contribution in [3.8, 4) is 21.8 Å². The second-order valence-corrected chi connectivity index (χ2v) is 9.16. The van der Waals surface area contributed by atoms with E-state index in [9.17, 15) is 9.59 Å². The van der Waals surface area contributed by atoms with Gasteiger partial charge in [-0.3, -0.25) is 4.79 Å². The van der Waals surface area contributed by atoms with Crippen LogP contribution in [-0.4, -0.2) is 39.5 Å². The number of ether oxygens (including phenoxy) is 1. The highest BCUT2D eigenvalue weighted by molar-refractivity contribution is 7.99. The van der Waals surface area contributed by atoms with Gasteiger partial charge < -0.3 is 14.6 Å². The van der Waals surface area contributed by atoms with Crippen molar-refractivity contribution in [2.75, 3.05) is 18.2 Å². The number of esters is 1. The summed E-state index contributed by atoms with van der Waals surface area (Å²) >= 11 is 4.16. The van der Waals surface area contributed by atoms with Crippen molar-refractivity contribution in [2.24, 2.45) is 7.05 Å². The highest BCUT2D eigenvalue weighted by atomic mass is 32.2. The summed E-state index contributed by atoms with van der Waals surface area (Å²) in [7, 11) is 3.20. The van der Waals surface area contributed by atoms with Gasteiger partial charge >= 0.3 is 5.97 Å². The number of hydrogen-bond acceptors (Lipinski definition) is 8. The Morgan fingerprint density at radius 2 is 1.94 bits per heavy atom. The number of nitrogens with one attached hydrogen (secondary N) is 1. The third-order valence-corrected chi connectivity index (χ3v) is 7.21. The molecule has 1 aromatic carbocycles. The molecule has 1 N–H and O–H groups in total. The summed E-state index contributed by atoms with van der Waals surface area (Å²) in [6.45, 7) is 0. The van der Waals surface area contributed by atoms with Gasteiger partial charge in [0.15, 0.2) is 11.0 Å². The number of thioether (sulfide) groups is 1. The maximum Gasteiger partial charge on any atom is 0.341 e. The lowest BCUT2D eigenvalue weighted by atomic mass is 10.0. The molecule has 4 rings (SSSR count). The normalized spacial score (nSPS) is 10.8. The zero-order valence-corrected chi connectivity index (χ0v) is 19.1. The van der Waals surface area contributed by atoms with E-state index in [1.165, 1.54) is 30.2 Å². The summed E-state index contributed by atoms with van der Waals surface area (Å²) in [4.78, 5) is 26.0. The Morgan fingerprint density at radius 3 is 2.65 bits per heavy atom. The van der Waals surface area contributed by atoms with Crippen LogP contribution in [0.3, 0.4) is 0 Å². The molecular weight excluding hydrogens is 452 g/mol. The fraction of sp³-hybridized carbons (Fsp3) is 0.143. The Balaban J connectivity index is 1.48. The maximum atomic E-state index is 12.6. The third kappa shape index (κ3) is 4.55. The summed E-state index contributed by atoms with van der Waals surface area (Å²) in [6.07, 6.45) is 0. The van der Waals surface area contributed by atoms with Gasteiger partial charge in [-0.15, -0.1) is 32.9 Å². The van der Waals surface area contributed by atoms with Gasteiger partial charge in [0, 0.05) is 18.0 Å². The Labute approximate surface area is 191 Å². The monoisotopic (exact) mass is 470 g/mol. The lowest BCUT2D eigenvalue weighted by Gasteiger charge is -2.08. The quantitative estimate of drug-likeness (QED) is 0.309. The minimum absolute atomic E-state index is 0.135. The molecule has 1 amide bonds. The smallest absolute Gasteiger partial charge is 0.341 e. The van der Waals surface area contributed by atoms with Gasteiger partial charge in [0.2, 0.25) is 5.91 Å². The Bertz CT molecular complexity index is 1200. The minimum Gasteiger partial charge on any atom is -0.465 e. The molecule has 3 aromatic heterocycles. The average Bonchev–Trinajstić information content (AvgIpc) is 3.53. The summed E-state index contributed by atoms with van der Waals surface area (Å²) in [5.41, 5.74) is 1.97. The van der Waals surface area contributed by atoms with E-state index < -0.39 is 5.97 Å². The van der Waals surface area contributed by atoms with Crippen LogP contribution >= 0.6 is 34.4 Å². The molecule has 10 heteroatoms. The molecule has 0 unspecified atom stereocenters. The number of methoxy groups -OCH3 is 1. The predicted molar refractivity (Wildman–Crippen MR) is 125 cm³/mol. The van der Waals surface area contributed by atoms with Crippen LogP contribution in [0.5, 0.6) is 0 Å². The minimum atomic E-state index is -0.489. The van der Waals surface area contributed by atoms with Crippen LogP contribution in [0, 0.1) is 0 Å². The topological polar surface area (TPSA) is 86.1 Å². The van der Waals surface area contributed by atoms with Crippen LogP contribution in [0.4, 0.5) is 5.00 Å². The van der Waals surface area contributed by atoms with Crippen molar-refractivity contribution in [3.05, 3.63) is 58.8 Å². The van der Waals surface area contributed by atoms with E-state index in [2.05, 4.69) is 15.5 Å². The largest absolute Gasteiger partial charge is 0.465 e. The fourth-order valence-corrected chi connectivity index (χ4v) is 5.37. The van der Waals surface area contributed by atoms with Gasteiger partial charge in [0.25, 0.3) is 0 Å². The third-order valence-electron chi connectivity index (χ3n) is 4.43. The molecule has 0 aliphatic rings. The number of aromatic nitrogens is 3. The van der Waals surface area contributed by atoms with E-state index in [4.69, 9.17) is 4.74 Å². The van der Waals surface area contributed by atoms with Crippen molar-refractivity contribution in [1.82, 2.24) is 14.8 Å². The number of amides is 1. The van der Waals surface area contributed by atoms with Gasteiger partial charge in [-0.2, -0.15) is 0 Å². The first-order valence-corrected chi connectivity index (χ1v) is 11.9. The molecule has 0 aliphatic heterocycles. The molecule has 4 aromatic rings. The van der Waals surface area contributed by atoms with E-state index in [-0.39, 0.29) is 11.7 Å². The van der Waals surface area contributed by atoms with E-state index in [1.807, 2.05) is 64.8 Å². The highest BCUT2D eigenvalue weighted by Crippen LogP contribution is 2.36. The van der Waals surface area contributed by atoms with Crippen LogP contribution in [-0.2, 0) is 16.6 Å². The van der Waals surface area contributed by atoms with Gasteiger partial charge in [0.1, 0.15) is 10.6 Å². The molecule has 0 fully saturated rings. The first kappa shape index (κ1) is 21.3. The summed E-state index contributed by atoms with van der Waals surface area (Å²) < 4.78 is 6.82. The zero-order chi connectivity index (χ0) is 21.8. The molecule has 7 nitrogen and oxygen atoms in total. The van der Waals surface area contributed by atoms with Gasteiger partial charge in [-0.1, -0.05) is 48.2 Å². The Morgan fingerprint density at radius 1 is 1.13 bits per heavy atom. The molecule has 0 atom stereocenters. The Kier molecular flexibility index (Phi) is 6.50. The predicted octanol–water partition coefficient (Wildman–Crippen LogP) is 4.79. The molecule has 158 valence electrons. The summed E-state index contributed by atoms with van der Waals surface area (Å²) in [6, 6.07) is 13.5. The molecule has 0 bridgehead atoms. The van der Waals surface area contributed by atoms with Crippen LogP contribution in [0.15, 0.2) is 58.4 Å². The average molecular weight is 471 g/mol. The Hall–Kier alpha value is -2.95. The van der Waals surface area contributed by atoms with Crippen LogP contribution in [0.1, 0.15) is 10.4 Å². The summed E-state index contributed by atoms with van der Waals surface area (Å²) in [5.74, 6) is 0.168. The molecule has 31 heavy (non-hydrogen) atoms. The molecule has 0 saturated carbocycles. The van der Waals surface area contributed by atoms with Crippen LogP contribution in [0.25, 0.3) is 21.8 Å². The molecule has 0 spiro atoms. The van der Waals surface area contributed by atoms with Crippen molar-refractivity contribution in [2.45, 2.75) is 5.16 Å². The standard InChI is InChI=1S/C21H18N4O3S3/c1-25-18(15-9-6-10-29-15)23-24-21(25)31-12-16(26)22-19-17(20(27)28-2)14(11-30-19)13-7-4-3-5-8-13/h3-11H,12H2,1-2H3,(H,22,26). The van der Waals surface area contributed by atoms with Crippen LogP contribution < -0.4 is 5.32 Å².